The van der Waals surface area contributed by atoms with Crippen molar-refractivity contribution < 1.29 is 9.13 Å². The molecule has 0 amide bonds. The molecule has 1 aromatic rings. The second kappa shape index (κ2) is 8.90. The Labute approximate surface area is 133 Å². The highest BCUT2D eigenvalue weighted by Gasteiger charge is 2.23. The normalized spacial score (nSPS) is 21.5. The van der Waals surface area contributed by atoms with Gasteiger partial charge in [-0.3, -0.25) is 0 Å². The average Bonchev–Trinajstić information content (AvgIpc) is 2.55. The van der Waals surface area contributed by atoms with Gasteiger partial charge < -0.3 is 4.74 Å². The first-order chi connectivity index (χ1) is 10.7. The number of rotatable bonds is 7. The van der Waals surface area contributed by atoms with E-state index in [1.807, 2.05) is 12.1 Å². The van der Waals surface area contributed by atoms with Crippen molar-refractivity contribution >= 4 is 0 Å². The second-order valence-corrected chi connectivity index (χ2v) is 6.32. The van der Waals surface area contributed by atoms with E-state index in [0.717, 1.165) is 25.0 Å². The van der Waals surface area contributed by atoms with Crippen LogP contribution >= 0.6 is 0 Å². The molecule has 1 saturated heterocycles. The summed E-state index contributed by atoms with van der Waals surface area (Å²) < 4.78 is 19.6. The number of ether oxygens (including phenoxy) is 1. The first kappa shape index (κ1) is 17.0. The molecule has 0 saturated carbocycles. The molecular formula is C19H26FNO. The molecule has 0 spiro atoms. The lowest BCUT2D eigenvalue weighted by Crippen LogP contribution is -2.20. The molecule has 2 nitrogen and oxygen atoms in total. The van der Waals surface area contributed by atoms with Crippen molar-refractivity contribution in [1.29, 1.82) is 5.26 Å². The maximum absolute atomic E-state index is 13.7. The Bertz CT molecular complexity index is 501. The van der Waals surface area contributed by atoms with Gasteiger partial charge in [0.15, 0.2) is 0 Å². The highest BCUT2D eigenvalue weighted by atomic mass is 19.1. The van der Waals surface area contributed by atoms with E-state index in [-0.39, 0.29) is 11.7 Å². The fourth-order valence-corrected chi connectivity index (χ4v) is 3.16. The van der Waals surface area contributed by atoms with E-state index in [4.69, 9.17) is 10.00 Å². The molecule has 0 aliphatic carbocycles. The Morgan fingerprint density at radius 2 is 2.05 bits per heavy atom. The van der Waals surface area contributed by atoms with Crippen molar-refractivity contribution in [1.82, 2.24) is 0 Å². The SMILES string of the molecule is CCCCCCCC1CCC(c2ccc(C#N)c(F)c2)OC1. The number of benzene rings is 1. The Morgan fingerprint density at radius 3 is 2.68 bits per heavy atom. The first-order valence-electron chi connectivity index (χ1n) is 8.55. The van der Waals surface area contributed by atoms with Gasteiger partial charge in [-0.25, -0.2) is 4.39 Å². The van der Waals surface area contributed by atoms with Gasteiger partial charge in [-0.2, -0.15) is 5.26 Å². The van der Waals surface area contributed by atoms with Crippen LogP contribution in [0.15, 0.2) is 18.2 Å². The zero-order valence-corrected chi connectivity index (χ0v) is 13.5. The van der Waals surface area contributed by atoms with Gasteiger partial charge in [0.2, 0.25) is 0 Å². The first-order valence-corrected chi connectivity index (χ1v) is 8.55. The van der Waals surface area contributed by atoms with Gasteiger partial charge in [0.1, 0.15) is 11.9 Å². The standard InChI is InChI=1S/C19H26FNO/c1-2-3-4-5-6-7-15-8-11-19(22-14-15)16-9-10-17(13-21)18(20)12-16/h9-10,12,15,19H,2-8,11,14H2,1H3. The molecule has 1 aliphatic rings. The van der Waals surface area contributed by atoms with Gasteiger partial charge in [0.25, 0.3) is 0 Å². The predicted molar refractivity (Wildman–Crippen MR) is 85.9 cm³/mol. The Balaban J connectivity index is 1.75. The third kappa shape index (κ3) is 4.81. The highest BCUT2D eigenvalue weighted by molar-refractivity contribution is 5.34. The summed E-state index contributed by atoms with van der Waals surface area (Å²) in [4.78, 5) is 0. The Hall–Kier alpha value is -1.40. The molecule has 0 aromatic heterocycles. The van der Waals surface area contributed by atoms with Crippen LogP contribution < -0.4 is 0 Å². The quantitative estimate of drug-likeness (QED) is 0.621. The van der Waals surface area contributed by atoms with Crippen LogP contribution in [-0.4, -0.2) is 6.61 Å². The number of hydrogen-bond acceptors (Lipinski definition) is 2. The minimum Gasteiger partial charge on any atom is -0.373 e. The van der Waals surface area contributed by atoms with Gasteiger partial charge in [-0.15, -0.1) is 0 Å². The maximum atomic E-state index is 13.7. The van der Waals surface area contributed by atoms with Crippen LogP contribution in [0, 0.1) is 23.1 Å². The summed E-state index contributed by atoms with van der Waals surface area (Å²) in [7, 11) is 0. The van der Waals surface area contributed by atoms with Crippen molar-refractivity contribution in [2.45, 2.75) is 64.4 Å². The third-order valence-electron chi connectivity index (χ3n) is 4.57. The van der Waals surface area contributed by atoms with Crippen molar-refractivity contribution in [3.05, 3.63) is 35.1 Å². The zero-order chi connectivity index (χ0) is 15.8. The van der Waals surface area contributed by atoms with Crippen molar-refractivity contribution in [2.75, 3.05) is 6.61 Å². The fourth-order valence-electron chi connectivity index (χ4n) is 3.16. The molecule has 1 heterocycles. The molecule has 0 N–H and O–H groups in total. The summed E-state index contributed by atoms with van der Waals surface area (Å²) in [5.74, 6) is 0.211. The molecule has 3 heteroatoms. The smallest absolute Gasteiger partial charge is 0.141 e. The summed E-state index contributed by atoms with van der Waals surface area (Å²) >= 11 is 0. The summed E-state index contributed by atoms with van der Waals surface area (Å²) in [6, 6.07) is 6.67. The zero-order valence-electron chi connectivity index (χ0n) is 13.5. The van der Waals surface area contributed by atoms with Crippen molar-refractivity contribution in [3.8, 4) is 6.07 Å². The minimum atomic E-state index is -0.443. The molecule has 1 fully saturated rings. The largest absolute Gasteiger partial charge is 0.373 e. The van der Waals surface area contributed by atoms with Crippen molar-refractivity contribution in [3.63, 3.8) is 0 Å². The van der Waals surface area contributed by atoms with E-state index >= 15 is 0 Å². The van der Waals surface area contributed by atoms with Crippen molar-refractivity contribution in [2.24, 2.45) is 5.92 Å². The molecule has 2 unspecified atom stereocenters. The molecular weight excluding hydrogens is 277 g/mol. The summed E-state index contributed by atoms with van der Waals surface area (Å²) in [6.07, 6.45) is 9.93. The van der Waals surface area contributed by atoms with E-state index in [9.17, 15) is 4.39 Å². The molecule has 0 radical (unpaired) electrons. The van der Waals surface area contributed by atoms with Gasteiger partial charge in [-0.05, 0) is 42.9 Å². The summed E-state index contributed by atoms with van der Waals surface area (Å²) in [5, 5.41) is 8.77. The second-order valence-electron chi connectivity index (χ2n) is 6.32. The molecule has 22 heavy (non-hydrogen) atoms. The van der Waals surface area contributed by atoms with E-state index in [0.29, 0.717) is 5.92 Å². The third-order valence-corrected chi connectivity index (χ3v) is 4.57. The minimum absolute atomic E-state index is 0.0152. The van der Waals surface area contributed by atoms with E-state index in [2.05, 4.69) is 6.92 Å². The number of halogens is 1. The van der Waals surface area contributed by atoms with Crippen LogP contribution in [0.5, 0.6) is 0 Å². The topological polar surface area (TPSA) is 33.0 Å². The molecule has 2 atom stereocenters. The Kier molecular flexibility index (Phi) is 6.86. The highest BCUT2D eigenvalue weighted by Crippen LogP contribution is 2.33. The maximum Gasteiger partial charge on any atom is 0.141 e. The van der Waals surface area contributed by atoms with Gasteiger partial charge in [-0.1, -0.05) is 45.1 Å². The fraction of sp³-hybridized carbons (Fsp3) is 0.632. The van der Waals surface area contributed by atoms with Crippen LogP contribution in [0.2, 0.25) is 0 Å². The van der Waals surface area contributed by atoms with E-state index < -0.39 is 5.82 Å². The molecule has 0 bridgehead atoms. The number of hydrogen-bond donors (Lipinski definition) is 0. The lowest BCUT2D eigenvalue weighted by molar-refractivity contribution is -0.0200. The monoisotopic (exact) mass is 303 g/mol. The molecule has 120 valence electrons. The van der Waals surface area contributed by atoms with Gasteiger partial charge in [0.05, 0.1) is 18.3 Å². The van der Waals surface area contributed by atoms with Gasteiger partial charge in [0, 0.05) is 0 Å². The molecule has 1 aromatic carbocycles. The average molecular weight is 303 g/mol. The molecule has 1 aliphatic heterocycles. The van der Waals surface area contributed by atoms with Crippen LogP contribution in [0.25, 0.3) is 0 Å². The van der Waals surface area contributed by atoms with Crippen LogP contribution in [0.1, 0.15) is 75.5 Å². The summed E-state index contributed by atoms with van der Waals surface area (Å²) in [6.45, 7) is 3.02. The summed E-state index contributed by atoms with van der Waals surface area (Å²) in [5.41, 5.74) is 0.961. The van der Waals surface area contributed by atoms with Crippen LogP contribution in [-0.2, 0) is 4.74 Å². The Morgan fingerprint density at radius 1 is 1.23 bits per heavy atom. The van der Waals surface area contributed by atoms with E-state index in [1.165, 1.54) is 44.6 Å². The number of unbranched alkanes of at least 4 members (excludes halogenated alkanes) is 4. The number of nitrogens with zero attached hydrogens (tertiary/aromatic N) is 1. The van der Waals surface area contributed by atoms with Crippen LogP contribution in [0.3, 0.4) is 0 Å². The predicted octanol–water partition coefficient (Wildman–Crippen LogP) is 5.53. The lowest BCUT2D eigenvalue weighted by Gasteiger charge is -2.29. The van der Waals surface area contributed by atoms with Crippen LogP contribution in [0.4, 0.5) is 4.39 Å². The van der Waals surface area contributed by atoms with E-state index in [1.54, 1.807) is 6.07 Å². The molecule has 2 rings (SSSR count). The van der Waals surface area contributed by atoms with Gasteiger partial charge >= 0.3 is 0 Å². The number of nitriles is 1. The lowest BCUT2D eigenvalue weighted by atomic mass is 9.90.